The molecule has 0 aromatic carbocycles. The van der Waals surface area contributed by atoms with Crippen molar-refractivity contribution in [2.24, 2.45) is 5.73 Å². The van der Waals surface area contributed by atoms with Gasteiger partial charge in [-0.05, 0) is 19.1 Å². The van der Waals surface area contributed by atoms with E-state index in [1.807, 2.05) is 25.1 Å². The van der Waals surface area contributed by atoms with Crippen molar-refractivity contribution >= 4 is 5.97 Å². The van der Waals surface area contributed by atoms with Gasteiger partial charge in [-0.15, -0.1) is 0 Å². The first-order valence-electron chi connectivity index (χ1n) is 4.88. The Labute approximate surface area is 89.5 Å². The monoisotopic (exact) mass is 208 g/mol. The lowest BCUT2D eigenvalue weighted by molar-refractivity contribution is -0.141. The SMILES string of the molecule is COC(=O)CC(c1ccccn1)C(C)N. The maximum atomic E-state index is 11.2. The smallest absolute Gasteiger partial charge is 0.306 e. The molecule has 0 bridgehead atoms. The van der Waals surface area contributed by atoms with Crippen LogP contribution in [-0.4, -0.2) is 24.1 Å². The molecule has 0 aliphatic heterocycles. The van der Waals surface area contributed by atoms with Gasteiger partial charge in [0, 0.05) is 23.9 Å². The zero-order valence-electron chi connectivity index (χ0n) is 9.01. The zero-order chi connectivity index (χ0) is 11.3. The second kappa shape index (κ2) is 5.46. The van der Waals surface area contributed by atoms with Gasteiger partial charge in [0.25, 0.3) is 0 Å². The Balaban J connectivity index is 2.79. The summed E-state index contributed by atoms with van der Waals surface area (Å²) in [6, 6.07) is 5.46. The second-order valence-electron chi connectivity index (χ2n) is 3.50. The number of ether oxygens (including phenoxy) is 1. The first-order chi connectivity index (χ1) is 7.15. The van der Waals surface area contributed by atoms with E-state index in [1.54, 1.807) is 6.20 Å². The van der Waals surface area contributed by atoms with E-state index in [2.05, 4.69) is 9.72 Å². The molecule has 82 valence electrons. The van der Waals surface area contributed by atoms with E-state index in [9.17, 15) is 4.79 Å². The topological polar surface area (TPSA) is 65.2 Å². The summed E-state index contributed by atoms with van der Waals surface area (Å²) in [4.78, 5) is 15.4. The van der Waals surface area contributed by atoms with Gasteiger partial charge in [0.1, 0.15) is 0 Å². The predicted octanol–water partition coefficient (Wildman–Crippen LogP) is 1.08. The highest BCUT2D eigenvalue weighted by molar-refractivity contribution is 5.70. The minimum absolute atomic E-state index is 0.0846. The van der Waals surface area contributed by atoms with Gasteiger partial charge in [0.15, 0.2) is 0 Å². The fourth-order valence-corrected chi connectivity index (χ4v) is 1.42. The van der Waals surface area contributed by atoms with E-state index in [0.717, 1.165) is 5.69 Å². The van der Waals surface area contributed by atoms with Gasteiger partial charge in [-0.1, -0.05) is 6.07 Å². The van der Waals surface area contributed by atoms with E-state index < -0.39 is 0 Å². The van der Waals surface area contributed by atoms with Gasteiger partial charge >= 0.3 is 5.97 Å². The Morgan fingerprint density at radius 2 is 2.33 bits per heavy atom. The molecule has 0 radical (unpaired) electrons. The van der Waals surface area contributed by atoms with Gasteiger partial charge in [-0.3, -0.25) is 9.78 Å². The van der Waals surface area contributed by atoms with Crippen LogP contribution in [0, 0.1) is 0 Å². The minimum atomic E-state index is -0.261. The molecule has 0 saturated heterocycles. The Morgan fingerprint density at radius 1 is 1.60 bits per heavy atom. The van der Waals surface area contributed by atoms with E-state index >= 15 is 0 Å². The van der Waals surface area contributed by atoms with E-state index in [4.69, 9.17) is 5.73 Å². The Kier molecular flexibility index (Phi) is 4.24. The molecule has 1 rings (SSSR count). The minimum Gasteiger partial charge on any atom is -0.469 e. The molecule has 1 aromatic heterocycles. The number of carbonyl (C=O) groups is 1. The van der Waals surface area contributed by atoms with Crippen LogP contribution in [0.4, 0.5) is 0 Å². The molecule has 0 spiro atoms. The van der Waals surface area contributed by atoms with Crippen LogP contribution in [0.2, 0.25) is 0 Å². The third-order valence-corrected chi connectivity index (χ3v) is 2.32. The van der Waals surface area contributed by atoms with Crippen LogP contribution in [0.25, 0.3) is 0 Å². The summed E-state index contributed by atoms with van der Waals surface area (Å²) in [6.45, 7) is 1.86. The number of pyridine rings is 1. The zero-order valence-corrected chi connectivity index (χ0v) is 9.01. The highest BCUT2D eigenvalue weighted by Gasteiger charge is 2.21. The lowest BCUT2D eigenvalue weighted by Gasteiger charge is -2.18. The molecule has 2 unspecified atom stereocenters. The molecule has 0 aliphatic rings. The van der Waals surface area contributed by atoms with Crippen LogP contribution >= 0.6 is 0 Å². The van der Waals surface area contributed by atoms with Gasteiger partial charge < -0.3 is 10.5 Å². The summed E-state index contributed by atoms with van der Waals surface area (Å²) in [7, 11) is 1.37. The number of carbonyl (C=O) groups excluding carboxylic acids is 1. The number of methoxy groups -OCH3 is 1. The van der Waals surface area contributed by atoms with Gasteiger partial charge in [0.05, 0.1) is 13.5 Å². The number of rotatable bonds is 4. The van der Waals surface area contributed by atoms with Crippen LogP contribution in [0.15, 0.2) is 24.4 Å². The summed E-state index contributed by atoms with van der Waals surface area (Å²) in [5, 5.41) is 0. The Bertz CT molecular complexity index is 312. The lowest BCUT2D eigenvalue weighted by Crippen LogP contribution is -2.27. The Morgan fingerprint density at radius 3 is 2.80 bits per heavy atom. The van der Waals surface area contributed by atoms with Crippen molar-refractivity contribution in [3.63, 3.8) is 0 Å². The highest BCUT2D eigenvalue weighted by atomic mass is 16.5. The van der Waals surface area contributed by atoms with Crippen LogP contribution in [-0.2, 0) is 9.53 Å². The molecule has 0 fully saturated rings. The number of esters is 1. The molecule has 0 aliphatic carbocycles. The first kappa shape index (κ1) is 11.7. The van der Waals surface area contributed by atoms with Crippen molar-refractivity contribution in [2.45, 2.75) is 25.3 Å². The maximum Gasteiger partial charge on any atom is 0.306 e. The van der Waals surface area contributed by atoms with Gasteiger partial charge in [-0.2, -0.15) is 0 Å². The van der Waals surface area contributed by atoms with Crippen molar-refractivity contribution in [1.82, 2.24) is 4.98 Å². The average Bonchev–Trinajstić information content (AvgIpc) is 2.26. The largest absolute Gasteiger partial charge is 0.469 e. The number of hydrogen-bond donors (Lipinski definition) is 1. The maximum absolute atomic E-state index is 11.2. The summed E-state index contributed by atoms with van der Waals surface area (Å²) >= 11 is 0. The van der Waals surface area contributed by atoms with Crippen LogP contribution in [0.3, 0.4) is 0 Å². The fourth-order valence-electron chi connectivity index (χ4n) is 1.42. The van der Waals surface area contributed by atoms with Crippen molar-refractivity contribution < 1.29 is 9.53 Å². The van der Waals surface area contributed by atoms with Crippen molar-refractivity contribution in [2.75, 3.05) is 7.11 Å². The molecule has 4 nitrogen and oxygen atoms in total. The van der Waals surface area contributed by atoms with Gasteiger partial charge in [0.2, 0.25) is 0 Å². The predicted molar refractivity (Wildman–Crippen MR) is 57.3 cm³/mol. The molecular weight excluding hydrogens is 192 g/mol. The van der Waals surface area contributed by atoms with E-state index in [0.29, 0.717) is 0 Å². The summed E-state index contributed by atoms with van der Waals surface area (Å²) in [5.41, 5.74) is 6.66. The van der Waals surface area contributed by atoms with Crippen molar-refractivity contribution in [1.29, 1.82) is 0 Å². The van der Waals surface area contributed by atoms with Crippen LogP contribution in [0.1, 0.15) is 25.0 Å². The second-order valence-corrected chi connectivity index (χ2v) is 3.50. The quantitative estimate of drug-likeness (QED) is 0.752. The number of aromatic nitrogens is 1. The third-order valence-electron chi connectivity index (χ3n) is 2.32. The molecule has 1 aromatic rings. The molecule has 4 heteroatoms. The molecule has 0 amide bonds. The van der Waals surface area contributed by atoms with Crippen LogP contribution < -0.4 is 5.73 Å². The van der Waals surface area contributed by atoms with Gasteiger partial charge in [-0.25, -0.2) is 0 Å². The number of nitrogens with zero attached hydrogens (tertiary/aromatic N) is 1. The molecule has 2 atom stereocenters. The van der Waals surface area contributed by atoms with Crippen molar-refractivity contribution in [3.8, 4) is 0 Å². The Hall–Kier alpha value is -1.42. The van der Waals surface area contributed by atoms with E-state index in [1.165, 1.54) is 7.11 Å². The number of nitrogens with two attached hydrogens (primary N) is 1. The first-order valence-corrected chi connectivity index (χ1v) is 4.88. The normalized spacial score (nSPS) is 14.3. The summed E-state index contributed by atoms with van der Waals surface area (Å²) < 4.78 is 4.63. The van der Waals surface area contributed by atoms with E-state index in [-0.39, 0.29) is 24.3 Å². The lowest BCUT2D eigenvalue weighted by atomic mass is 9.94. The summed E-state index contributed by atoms with van der Waals surface area (Å²) in [5.74, 6) is -0.346. The third kappa shape index (κ3) is 3.32. The average molecular weight is 208 g/mol. The molecule has 15 heavy (non-hydrogen) atoms. The summed E-state index contributed by atoms with van der Waals surface area (Å²) in [6.07, 6.45) is 1.97. The number of hydrogen-bond acceptors (Lipinski definition) is 4. The standard InChI is InChI=1S/C11H16N2O2/c1-8(12)9(7-11(14)15-2)10-5-3-4-6-13-10/h3-6,8-9H,7,12H2,1-2H3. The molecular formula is C11H16N2O2. The van der Waals surface area contributed by atoms with Crippen molar-refractivity contribution in [3.05, 3.63) is 30.1 Å². The molecule has 0 saturated carbocycles. The fraction of sp³-hybridized carbons (Fsp3) is 0.455. The highest BCUT2D eigenvalue weighted by Crippen LogP contribution is 2.20. The molecule has 2 N–H and O–H groups in total. The van der Waals surface area contributed by atoms with Crippen LogP contribution in [0.5, 0.6) is 0 Å². The molecule has 1 heterocycles.